The lowest BCUT2D eigenvalue weighted by molar-refractivity contribution is -0.121. The zero-order valence-corrected chi connectivity index (χ0v) is 13.6. The van der Waals surface area contributed by atoms with Crippen molar-refractivity contribution in [1.82, 2.24) is 10.2 Å². The molecule has 0 atom stereocenters. The van der Waals surface area contributed by atoms with E-state index in [4.69, 9.17) is 5.73 Å². The third kappa shape index (κ3) is 6.71. The first-order chi connectivity index (χ1) is 9.44. The normalized spacial score (nSPS) is 16.9. The molecule has 1 aliphatic rings. The van der Waals surface area contributed by atoms with Gasteiger partial charge in [-0.05, 0) is 44.7 Å². The highest BCUT2D eigenvalue weighted by molar-refractivity contribution is 5.75. The topological polar surface area (TPSA) is 58.4 Å². The number of hydrogen-bond acceptors (Lipinski definition) is 3. The maximum atomic E-state index is 11.8. The second-order valence-electron chi connectivity index (χ2n) is 6.97. The summed E-state index contributed by atoms with van der Waals surface area (Å²) in [7, 11) is 2.17. The monoisotopic (exact) mass is 283 g/mol. The van der Waals surface area contributed by atoms with Crippen LogP contribution in [0.2, 0.25) is 0 Å². The molecule has 4 nitrogen and oxygen atoms in total. The van der Waals surface area contributed by atoms with Gasteiger partial charge in [0.25, 0.3) is 0 Å². The molecule has 0 radical (unpaired) electrons. The smallest absolute Gasteiger partial charge is 0.220 e. The van der Waals surface area contributed by atoms with E-state index in [0.29, 0.717) is 13.0 Å². The molecule has 0 aromatic heterocycles. The number of likely N-dealkylation sites (N-methyl/N-ethyl adjacent to an activating group) is 1. The average Bonchev–Trinajstić information content (AvgIpc) is 2.90. The standard InChI is InChI=1S/C16H33N3O/c1-16(2,10-11-17)9-8-15(20)18-12-13-19(3)14-6-4-5-7-14/h14H,4-13,17H2,1-3H3,(H,18,20). The van der Waals surface area contributed by atoms with E-state index < -0.39 is 0 Å². The predicted octanol–water partition coefficient (Wildman–Crippen LogP) is 2.13. The van der Waals surface area contributed by atoms with E-state index in [1.165, 1.54) is 25.7 Å². The summed E-state index contributed by atoms with van der Waals surface area (Å²) in [5, 5.41) is 3.04. The minimum absolute atomic E-state index is 0.173. The van der Waals surface area contributed by atoms with Gasteiger partial charge in [-0.15, -0.1) is 0 Å². The quantitative estimate of drug-likeness (QED) is 0.681. The molecule has 1 saturated carbocycles. The van der Waals surface area contributed by atoms with Gasteiger partial charge < -0.3 is 16.0 Å². The van der Waals surface area contributed by atoms with Gasteiger partial charge in [-0.25, -0.2) is 0 Å². The highest BCUT2D eigenvalue weighted by Crippen LogP contribution is 2.25. The van der Waals surface area contributed by atoms with E-state index in [1.54, 1.807) is 0 Å². The van der Waals surface area contributed by atoms with Crippen LogP contribution in [-0.4, -0.2) is 43.5 Å². The molecular formula is C16H33N3O. The summed E-state index contributed by atoms with van der Waals surface area (Å²) < 4.78 is 0. The van der Waals surface area contributed by atoms with Crippen LogP contribution in [0, 0.1) is 5.41 Å². The number of carbonyl (C=O) groups excluding carboxylic acids is 1. The van der Waals surface area contributed by atoms with E-state index in [9.17, 15) is 4.79 Å². The first-order valence-corrected chi connectivity index (χ1v) is 8.11. The second-order valence-corrected chi connectivity index (χ2v) is 6.97. The van der Waals surface area contributed by atoms with Crippen molar-refractivity contribution in [1.29, 1.82) is 0 Å². The van der Waals surface area contributed by atoms with Gasteiger partial charge in [0.05, 0.1) is 0 Å². The number of nitrogens with one attached hydrogen (secondary N) is 1. The van der Waals surface area contributed by atoms with Gasteiger partial charge >= 0.3 is 0 Å². The Bertz CT molecular complexity index is 285. The maximum absolute atomic E-state index is 11.8. The molecule has 0 unspecified atom stereocenters. The fourth-order valence-electron chi connectivity index (χ4n) is 2.96. The van der Waals surface area contributed by atoms with Gasteiger partial charge in [0.1, 0.15) is 0 Å². The van der Waals surface area contributed by atoms with Crippen molar-refractivity contribution in [2.45, 2.75) is 64.8 Å². The Balaban J connectivity index is 2.10. The third-order valence-electron chi connectivity index (χ3n) is 4.58. The molecule has 118 valence electrons. The summed E-state index contributed by atoms with van der Waals surface area (Å²) in [6.45, 7) is 6.79. The molecule has 1 rings (SSSR count). The molecule has 4 heteroatoms. The molecule has 20 heavy (non-hydrogen) atoms. The SMILES string of the molecule is CN(CCNC(=O)CCC(C)(C)CCN)C1CCCC1. The van der Waals surface area contributed by atoms with Crippen LogP contribution < -0.4 is 11.1 Å². The number of nitrogens with zero attached hydrogens (tertiary/aromatic N) is 1. The van der Waals surface area contributed by atoms with E-state index in [1.807, 2.05) is 0 Å². The molecule has 0 saturated heterocycles. The summed E-state index contributed by atoms with van der Waals surface area (Å²) in [6.07, 6.45) is 7.85. The lowest BCUT2D eigenvalue weighted by Crippen LogP contribution is -2.37. The highest BCUT2D eigenvalue weighted by Gasteiger charge is 2.20. The molecule has 0 aromatic carbocycles. The summed E-state index contributed by atoms with van der Waals surface area (Å²) >= 11 is 0. The van der Waals surface area contributed by atoms with Crippen LogP contribution in [0.1, 0.15) is 58.8 Å². The largest absolute Gasteiger partial charge is 0.355 e. The molecule has 3 N–H and O–H groups in total. The van der Waals surface area contributed by atoms with E-state index >= 15 is 0 Å². The maximum Gasteiger partial charge on any atom is 0.220 e. The van der Waals surface area contributed by atoms with Crippen molar-refractivity contribution in [2.24, 2.45) is 11.1 Å². The first kappa shape index (κ1) is 17.4. The summed E-state index contributed by atoms with van der Waals surface area (Å²) in [5.41, 5.74) is 5.76. The zero-order valence-electron chi connectivity index (χ0n) is 13.6. The second kappa shape index (κ2) is 8.63. The molecular weight excluding hydrogens is 250 g/mol. The minimum atomic E-state index is 0.173. The molecule has 1 fully saturated rings. The van der Waals surface area contributed by atoms with E-state index in [2.05, 4.69) is 31.1 Å². The van der Waals surface area contributed by atoms with Gasteiger partial charge in [-0.1, -0.05) is 26.7 Å². The number of hydrogen-bond donors (Lipinski definition) is 2. The number of amides is 1. The molecule has 0 heterocycles. The van der Waals surface area contributed by atoms with Crippen molar-refractivity contribution < 1.29 is 4.79 Å². The predicted molar refractivity (Wildman–Crippen MR) is 84.6 cm³/mol. The zero-order chi connectivity index (χ0) is 15.0. The number of nitrogens with two attached hydrogens (primary N) is 1. The van der Waals surface area contributed by atoms with Crippen LogP contribution in [0.3, 0.4) is 0 Å². The van der Waals surface area contributed by atoms with E-state index in [-0.39, 0.29) is 11.3 Å². The molecule has 1 amide bonds. The Kier molecular flexibility index (Phi) is 7.52. The Hall–Kier alpha value is -0.610. The first-order valence-electron chi connectivity index (χ1n) is 8.11. The fourth-order valence-corrected chi connectivity index (χ4v) is 2.96. The van der Waals surface area contributed by atoms with Crippen LogP contribution in [0.4, 0.5) is 0 Å². The molecule has 0 aliphatic heterocycles. The third-order valence-corrected chi connectivity index (χ3v) is 4.58. The number of rotatable bonds is 9. The van der Waals surface area contributed by atoms with Crippen molar-refractivity contribution in [3.63, 3.8) is 0 Å². The Morgan fingerprint density at radius 3 is 2.55 bits per heavy atom. The highest BCUT2D eigenvalue weighted by atomic mass is 16.1. The number of carbonyl (C=O) groups is 1. The fraction of sp³-hybridized carbons (Fsp3) is 0.938. The summed E-state index contributed by atoms with van der Waals surface area (Å²) in [6, 6.07) is 0.732. The molecule has 1 aliphatic carbocycles. The molecule has 0 bridgehead atoms. The Morgan fingerprint density at radius 1 is 1.30 bits per heavy atom. The van der Waals surface area contributed by atoms with Gasteiger partial charge in [0.15, 0.2) is 0 Å². The lowest BCUT2D eigenvalue weighted by atomic mass is 9.84. The van der Waals surface area contributed by atoms with E-state index in [0.717, 1.165) is 32.0 Å². The van der Waals surface area contributed by atoms with Crippen LogP contribution in [-0.2, 0) is 4.79 Å². The van der Waals surface area contributed by atoms with Gasteiger partial charge in [0, 0.05) is 25.6 Å². The molecule has 0 spiro atoms. The van der Waals surface area contributed by atoms with Crippen molar-refractivity contribution in [3.05, 3.63) is 0 Å². The van der Waals surface area contributed by atoms with Gasteiger partial charge in [0.2, 0.25) is 5.91 Å². The van der Waals surface area contributed by atoms with Crippen LogP contribution in [0.15, 0.2) is 0 Å². The Morgan fingerprint density at radius 2 is 1.95 bits per heavy atom. The van der Waals surface area contributed by atoms with Crippen LogP contribution in [0.25, 0.3) is 0 Å². The van der Waals surface area contributed by atoms with Crippen molar-refractivity contribution in [2.75, 3.05) is 26.7 Å². The lowest BCUT2D eigenvalue weighted by Gasteiger charge is -2.25. The van der Waals surface area contributed by atoms with Gasteiger partial charge in [-0.2, -0.15) is 0 Å². The molecule has 0 aromatic rings. The minimum Gasteiger partial charge on any atom is -0.355 e. The van der Waals surface area contributed by atoms with Crippen LogP contribution in [0.5, 0.6) is 0 Å². The average molecular weight is 283 g/mol. The summed E-state index contributed by atoms with van der Waals surface area (Å²) in [4.78, 5) is 14.2. The summed E-state index contributed by atoms with van der Waals surface area (Å²) in [5.74, 6) is 0.176. The van der Waals surface area contributed by atoms with Gasteiger partial charge in [-0.3, -0.25) is 4.79 Å². The van der Waals surface area contributed by atoms with Crippen molar-refractivity contribution in [3.8, 4) is 0 Å². The Labute approximate surface area is 124 Å². The van der Waals surface area contributed by atoms with Crippen molar-refractivity contribution >= 4 is 5.91 Å². The van der Waals surface area contributed by atoms with Crippen LogP contribution >= 0.6 is 0 Å².